The highest BCUT2D eigenvalue weighted by Gasteiger charge is 2.14. The highest BCUT2D eigenvalue weighted by molar-refractivity contribution is 5.97. The van der Waals surface area contributed by atoms with Gasteiger partial charge in [0.2, 0.25) is 0 Å². The molecule has 1 aliphatic heterocycles. The number of oxime groups is 1. The second-order valence-corrected chi connectivity index (χ2v) is 8.10. The van der Waals surface area contributed by atoms with Gasteiger partial charge in [-0.3, -0.25) is 9.69 Å². The van der Waals surface area contributed by atoms with Gasteiger partial charge in [0.05, 0.1) is 0 Å². The Labute approximate surface area is 168 Å². The van der Waals surface area contributed by atoms with E-state index in [0.29, 0.717) is 11.8 Å². The van der Waals surface area contributed by atoms with Crippen LogP contribution in [-0.4, -0.2) is 42.9 Å². The van der Waals surface area contributed by atoms with Gasteiger partial charge < -0.3 is 15.9 Å². The average molecular weight is 387 g/mol. The number of nitrogens with one attached hydrogen (secondary N) is 1. The fourth-order valence-electron chi connectivity index (χ4n) is 4.12. The highest BCUT2D eigenvalue weighted by atomic mass is 16.6. The third-order valence-electron chi connectivity index (χ3n) is 5.75. The Balaban J connectivity index is 1.42. The highest BCUT2D eigenvalue weighted by Crippen LogP contribution is 2.22. The van der Waals surface area contributed by atoms with Crippen molar-refractivity contribution in [1.82, 2.24) is 10.2 Å². The molecule has 1 aromatic rings. The molecule has 1 saturated carbocycles. The molecular formula is C22H34N4O2. The summed E-state index contributed by atoms with van der Waals surface area (Å²) in [7, 11) is 0. The summed E-state index contributed by atoms with van der Waals surface area (Å²) in [5.41, 5.74) is 8.11. The molecule has 0 unspecified atom stereocenters. The molecule has 0 spiro atoms. The Morgan fingerprint density at radius 1 is 1.14 bits per heavy atom. The Hall–Kier alpha value is -2.08. The van der Waals surface area contributed by atoms with Gasteiger partial charge in [0.1, 0.15) is 0 Å². The normalized spacial score (nSPS) is 19.4. The molecule has 0 radical (unpaired) electrons. The maximum Gasteiger partial charge on any atom is 0.260 e. The van der Waals surface area contributed by atoms with Crippen molar-refractivity contribution in [2.45, 2.75) is 57.9 Å². The van der Waals surface area contributed by atoms with E-state index in [1.54, 1.807) is 0 Å². The van der Waals surface area contributed by atoms with Crippen LogP contribution in [0.4, 0.5) is 0 Å². The lowest BCUT2D eigenvalue weighted by Crippen LogP contribution is -2.32. The lowest BCUT2D eigenvalue weighted by atomic mass is 9.89. The lowest BCUT2D eigenvalue weighted by molar-refractivity contribution is -0.125. The van der Waals surface area contributed by atoms with Crippen molar-refractivity contribution in [2.24, 2.45) is 16.8 Å². The molecule has 0 atom stereocenters. The molecule has 2 fully saturated rings. The van der Waals surface area contributed by atoms with E-state index in [9.17, 15) is 4.79 Å². The van der Waals surface area contributed by atoms with E-state index in [2.05, 4.69) is 27.5 Å². The molecule has 3 rings (SSSR count). The first-order chi connectivity index (χ1) is 13.7. The van der Waals surface area contributed by atoms with Crippen molar-refractivity contribution in [3.8, 4) is 0 Å². The van der Waals surface area contributed by atoms with Crippen molar-refractivity contribution in [3.63, 3.8) is 0 Å². The number of hydrogen-bond donors (Lipinski definition) is 2. The molecular weight excluding hydrogens is 352 g/mol. The third kappa shape index (κ3) is 6.82. The molecule has 0 aromatic heterocycles. The number of nitrogens with zero attached hydrogens (tertiary/aromatic N) is 2. The zero-order chi connectivity index (χ0) is 19.6. The molecule has 1 aromatic carbocycles. The van der Waals surface area contributed by atoms with Crippen LogP contribution < -0.4 is 11.1 Å². The summed E-state index contributed by atoms with van der Waals surface area (Å²) in [6.07, 6.45) is 10.2. The van der Waals surface area contributed by atoms with E-state index in [0.717, 1.165) is 31.7 Å². The van der Waals surface area contributed by atoms with E-state index in [1.807, 2.05) is 12.1 Å². The van der Waals surface area contributed by atoms with Crippen molar-refractivity contribution in [1.29, 1.82) is 0 Å². The van der Waals surface area contributed by atoms with Gasteiger partial charge in [-0.15, -0.1) is 0 Å². The topological polar surface area (TPSA) is 80.0 Å². The van der Waals surface area contributed by atoms with Crippen molar-refractivity contribution in [2.75, 3.05) is 26.2 Å². The SMILES string of the molecule is N/C(=N/OCC(=O)NCC1CCCCC1)c1cccc(CN2CCCCC2)c1. The summed E-state index contributed by atoms with van der Waals surface area (Å²) in [4.78, 5) is 19.6. The van der Waals surface area contributed by atoms with Crippen LogP contribution >= 0.6 is 0 Å². The zero-order valence-electron chi connectivity index (χ0n) is 16.9. The van der Waals surface area contributed by atoms with Gasteiger partial charge in [0, 0.05) is 18.7 Å². The quantitative estimate of drug-likeness (QED) is 0.409. The minimum Gasteiger partial charge on any atom is -0.384 e. The van der Waals surface area contributed by atoms with Gasteiger partial charge in [0.25, 0.3) is 5.91 Å². The number of likely N-dealkylation sites (tertiary alicyclic amines) is 1. The van der Waals surface area contributed by atoms with Crippen LogP contribution in [0.25, 0.3) is 0 Å². The van der Waals surface area contributed by atoms with Gasteiger partial charge in [-0.05, 0) is 56.3 Å². The number of carbonyl (C=O) groups is 1. The minimum atomic E-state index is -0.138. The van der Waals surface area contributed by atoms with Crippen LogP contribution in [0.2, 0.25) is 0 Å². The fraction of sp³-hybridized carbons (Fsp3) is 0.636. The predicted molar refractivity (Wildman–Crippen MR) is 112 cm³/mol. The summed E-state index contributed by atoms with van der Waals surface area (Å²) in [6, 6.07) is 8.09. The summed E-state index contributed by atoms with van der Waals surface area (Å²) in [5, 5.41) is 6.88. The number of hydrogen-bond acceptors (Lipinski definition) is 4. The van der Waals surface area contributed by atoms with Gasteiger partial charge in [-0.1, -0.05) is 49.0 Å². The van der Waals surface area contributed by atoms with Crippen LogP contribution in [0, 0.1) is 5.92 Å². The second-order valence-electron chi connectivity index (χ2n) is 8.10. The maximum atomic E-state index is 11.9. The predicted octanol–water partition coefficient (Wildman–Crippen LogP) is 3.01. The summed E-state index contributed by atoms with van der Waals surface area (Å²) in [6.45, 7) is 3.89. The molecule has 6 nitrogen and oxygen atoms in total. The Morgan fingerprint density at radius 2 is 1.89 bits per heavy atom. The first-order valence-corrected chi connectivity index (χ1v) is 10.7. The Bertz CT molecular complexity index is 650. The first-order valence-electron chi connectivity index (χ1n) is 10.7. The van der Waals surface area contributed by atoms with Crippen LogP contribution in [0.5, 0.6) is 0 Å². The number of amidine groups is 1. The molecule has 1 saturated heterocycles. The Kier molecular flexibility index (Phi) is 8.15. The van der Waals surface area contributed by atoms with E-state index in [-0.39, 0.29) is 12.5 Å². The lowest BCUT2D eigenvalue weighted by Gasteiger charge is -2.26. The standard InChI is InChI=1S/C22H34N4O2/c23-22(25-28-17-21(27)24-15-18-8-3-1-4-9-18)20-11-7-10-19(14-20)16-26-12-5-2-6-13-26/h7,10-11,14,18H,1-6,8-9,12-13,15-17H2,(H2,23,25)(H,24,27). The third-order valence-corrected chi connectivity index (χ3v) is 5.75. The second kappa shape index (κ2) is 11.1. The van der Waals surface area contributed by atoms with E-state index < -0.39 is 0 Å². The molecule has 6 heteroatoms. The number of carbonyl (C=O) groups excluding carboxylic acids is 1. The largest absolute Gasteiger partial charge is 0.384 e. The number of nitrogens with two attached hydrogens (primary N) is 1. The van der Waals surface area contributed by atoms with Gasteiger partial charge in [-0.25, -0.2) is 0 Å². The fourth-order valence-corrected chi connectivity index (χ4v) is 4.12. The molecule has 154 valence electrons. The smallest absolute Gasteiger partial charge is 0.260 e. The molecule has 1 aliphatic carbocycles. The Morgan fingerprint density at radius 3 is 2.68 bits per heavy atom. The van der Waals surface area contributed by atoms with Crippen LogP contribution in [0.3, 0.4) is 0 Å². The van der Waals surface area contributed by atoms with Gasteiger partial charge in [0.15, 0.2) is 12.4 Å². The molecule has 28 heavy (non-hydrogen) atoms. The van der Waals surface area contributed by atoms with E-state index >= 15 is 0 Å². The van der Waals surface area contributed by atoms with Crippen molar-refractivity contribution in [3.05, 3.63) is 35.4 Å². The zero-order valence-corrected chi connectivity index (χ0v) is 16.9. The maximum absolute atomic E-state index is 11.9. The molecule has 2 aliphatic rings. The van der Waals surface area contributed by atoms with Gasteiger partial charge >= 0.3 is 0 Å². The summed E-state index contributed by atoms with van der Waals surface area (Å²) < 4.78 is 0. The number of piperidine rings is 1. The van der Waals surface area contributed by atoms with Crippen molar-refractivity contribution >= 4 is 11.7 Å². The number of amides is 1. The summed E-state index contributed by atoms with van der Waals surface area (Å²) >= 11 is 0. The van der Waals surface area contributed by atoms with E-state index in [1.165, 1.54) is 56.9 Å². The average Bonchev–Trinajstić information content (AvgIpc) is 2.74. The first kappa shape index (κ1) is 20.6. The van der Waals surface area contributed by atoms with Crippen LogP contribution in [-0.2, 0) is 16.2 Å². The van der Waals surface area contributed by atoms with E-state index in [4.69, 9.17) is 10.6 Å². The summed E-state index contributed by atoms with van der Waals surface area (Å²) in [5.74, 6) is 0.774. The van der Waals surface area contributed by atoms with Crippen LogP contribution in [0.15, 0.2) is 29.4 Å². The van der Waals surface area contributed by atoms with Crippen LogP contribution in [0.1, 0.15) is 62.5 Å². The monoisotopic (exact) mass is 386 g/mol. The minimum absolute atomic E-state index is 0.0963. The van der Waals surface area contributed by atoms with Gasteiger partial charge in [-0.2, -0.15) is 0 Å². The molecule has 1 heterocycles. The molecule has 0 bridgehead atoms. The van der Waals surface area contributed by atoms with Crippen molar-refractivity contribution < 1.29 is 9.63 Å². The molecule has 1 amide bonds. The number of rotatable bonds is 8. The molecule has 3 N–H and O–H groups in total. The number of benzene rings is 1.